The molecule has 2 unspecified atom stereocenters. The minimum Gasteiger partial charge on any atom is -0.378 e. The van der Waals surface area contributed by atoms with Crippen molar-refractivity contribution in [2.75, 3.05) is 19.8 Å². The van der Waals surface area contributed by atoms with Crippen LogP contribution in [0, 0.1) is 13.8 Å². The van der Waals surface area contributed by atoms with Gasteiger partial charge >= 0.3 is 0 Å². The molecule has 2 rings (SSSR count). The molecule has 1 amide bonds. The van der Waals surface area contributed by atoms with Crippen LogP contribution in [0.25, 0.3) is 0 Å². The van der Waals surface area contributed by atoms with E-state index in [2.05, 4.69) is 36.6 Å². The first-order valence-electron chi connectivity index (χ1n) is 7.24. The molecule has 0 aromatic heterocycles. The lowest BCUT2D eigenvalue weighted by atomic mass is 9.98. The Labute approximate surface area is 120 Å². The van der Waals surface area contributed by atoms with Crippen LogP contribution in [0.3, 0.4) is 0 Å². The van der Waals surface area contributed by atoms with Crippen LogP contribution in [0.4, 0.5) is 0 Å². The van der Waals surface area contributed by atoms with Gasteiger partial charge < -0.3 is 15.4 Å². The summed E-state index contributed by atoms with van der Waals surface area (Å²) in [6.07, 6.45) is 0.467. The maximum absolute atomic E-state index is 12.1. The summed E-state index contributed by atoms with van der Waals surface area (Å²) < 4.78 is 5.36. The van der Waals surface area contributed by atoms with E-state index in [1.54, 1.807) is 0 Å². The molecule has 2 atom stereocenters. The summed E-state index contributed by atoms with van der Waals surface area (Å²) in [5.41, 5.74) is 3.69. The lowest BCUT2D eigenvalue weighted by molar-refractivity contribution is -0.122. The van der Waals surface area contributed by atoms with Crippen LogP contribution >= 0.6 is 0 Å². The highest BCUT2D eigenvalue weighted by molar-refractivity contribution is 5.77. The zero-order chi connectivity index (χ0) is 14.5. The molecular formula is C16H24N2O2. The maximum atomic E-state index is 12.1. The first-order chi connectivity index (χ1) is 9.58. The van der Waals surface area contributed by atoms with Gasteiger partial charge in [-0.15, -0.1) is 0 Å². The monoisotopic (exact) mass is 276 g/mol. The van der Waals surface area contributed by atoms with E-state index in [9.17, 15) is 4.79 Å². The highest BCUT2D eigenvalue weighted by Crippen LogP contribution is 2.20. The maximum Gasteiger partial charge on any atom is 0.222 e. The first kappa shape index (κ1) is 15.0. The number of hydrogen-bond acceptors (Lipinski definition) is 3. The molecule has 1 aromatic carbocycles. The molecule has 4 heteroatoms. The summed E-state index contributed by atoms with van der Waals surface area (Å²) in [4.78, 5) is 12.1. The highest BCUT2D eigenvalue weighted by Gasteiger charge is 2.19. The molecule has 0 spiro atoms. The van der Waals surface area contributed by atoms with E-state index in [-0.39, 0.29) is 18.0 Å². The van der Waals surface area contributed by atoms with Gasteiger partial charge in [-0.05, 0) is 37.5 Å². The van der Waals surface area contributed by atoms with Crippen LogP contribution in [0.5, 0.6) is 0 Å². The molecule has 0 aliphatic carbocycles. The van der Waals surface area contributed by atoms with E-state index in [0.717, 1.165) is 13.2 Å². The van der Waals surface area contributed by atoms with Gasteiger partial charge in [0.1, 0.15) is 0 Å². The quantitative estimate of drug-likeness (QED) is 0.882. The molecule has 1 aliphatic rings. The Morgan fingerprint density at radius 1 is 1.50 bits per heavy atom. The Hall–Kier alpha value is -1.39. The second kappa shape index (κ2) is 6.86. The molecule has 0 saturated carbocycles. The van der Waals surface area contributed by atoms with Crippen LogP contribution in [0.1, 0.15) is 36.1 Å². The van der Waals surface area contributed by atoms with Crippen molar-refractivity contribution in [2.24, 2.45) is 0 Å². The molecule has 4 nitrogen and oxygen atoms in total. The fourth-order valence-corrected chi connectivity index (χ4v) is 2.60. The molecule has 0 radical (unpaired) electrons. The zero-order valence-electron chi connectivity index (χ0n) is 12.5. The van der Waals surface area contributed by atoms with Crippen molar-refractivity contribution in [3.8, 4) is 0 Å². The second-order valence-electron chi connectivity index (χ2n) is 5.51. The van der Waals surface area contributed by atoms with Crippen LogP contribution in [-0.4, -0.2) is 31.7 Å². The predicted octanol–water partition coefficient (Wildman–Crippen LogP) is 1.86. The summed E-state index contributed by atoms with van der Waals surface area (Å²) in [7, 11) is 0. The normalized spacial score (nSPS) is 20.4. The minimum absolute atomic E-state index is 0.0342. The summed E-state index contributed by atoms with van der Waals surface area (Å²) in [6, 6.07) is 6.38. The molecule has 110 valence electrons. The van der Waals surface area contributed by atoms with Crippen LogP contribution in [-0.2, 0) is 9.53 Å². The van der Waals surface area contributed by atoms with Gasteiger partial charge in [-0.25, -0.2) is 0 Å². The summed E-state index contributed by atoms with van der Waals surface area (Å²) in [5.74, 6) is 0.0707. The molecule has 1 fully saturated rings. The Morgan fingerprint density at radius 2 is 2.30 bits per heavy atom. The summed E-state index contributed by atoms with van der Waals surface area (Å²) in [6.45, 7) is 8.40. The van der Waals surface area contributed by atoms with E-state index in [1.807, 2.05) is 13.0 Å². The van der Waals surface area contributed by atoms with Crippen molar-refractivity contribution in [1.82, 2.24) is 10.6 Å². The number of amides is 1. The van der Waals surface area contributed by atoms with E-state index in [4.69, 9.17) is 4.74 Å². The number of carbonyl (C=O) groups is 1. The van der Waals surface area contributed by atoms with Gasteiger partial charge in [0.25, 0.3) is 0 Å². The van der Waals surface area contributed by atoms with Crippen LogP contribution in [0.15, 0.2) is 18.2 Å². The fraction of sp³-hybridized carbons (Fsp3) is 0.562. The second-order valence-corrected chi connectivity index (χ2v) is 5.51. The van der Waals surface area contributed by atoms with Crippen molar-refractivity contribution in [3.05, 3.63) is 34.9 Å². The van der Waals surface area contributed by atoms with Crippen molar-refractivity contribution in [3.63, 3.8) is 0 Å². The molecule has 0 bridgehead atoms. The van der Waals surface area contributed by atoms with Gasteiger partial charge in [0.15, 0.2) is 0 Å². The van der Waals surface area contributed by atoms with Gasteiger partial charge in [-0.1, -0.05) is 18.2 Å². The molecule has 1 heterocycles. The van der Waals surface area contributed by atoms with E-state index >= 15 is 0 Å². The lowest BCUT2D eigenvalue weighted by Crippen LogP contribution is -2.44. The average Bonchev–Trinajstić information content (AvgIpc) is 2.42. The minimum atomic E-state index is 0.0342. The number of carbonyl (C=O) groups excluding carboxylic acids is 1. The Kier molecular flexibility index (Phi) is 5.15. The lowest BCUT2D eigenvalue weighted by Gasteiger charge is -2.24. The van der Waals surface area contributed by atoms with Crippen molar-refractivity contribution < 1.29 is 9.53 Å². The van der Waals surface area contributed by atoms with Gasteiger partial charge in [0, 0.05) is 19.0 Å². The number of rotatable bonds is 4. The Balaban J connectivity index is 1.91. The Morgan fingerprint density at radius 3 is 3.00 bits per heavy atom. The van der Waals surface area contributed by atoms with Gasteiger partial charge in [0.05, 0.1) is 19.3 Å². The number of hydrogen-bond donors (Lipinski definition) is 2. The number of nitrogens with one attached hydrogen (secondary N) is 2. The third kappa shape index (κ3) is 3.81. The third-order valence-electron chi connectivity index (χ3n) is 3.92. The highest BCUT2D eigenvalue weighted by atomic mass is 16.5. The molecule has 1 aromatic rings. The molecule has 2 N–H and O–H groups in total. The van der Waals surface area contributed by atoms with E-state index in [0.29, 0.717) is 13.0 Å². The fourth-order valence-electron chi connectivity index (χ4n) is 2.60. The van der Waals surface area contributed by atoms with Gasteiger partial charge in [0.2, 0.25) is 5.91 Å². The first-order valence-corrected chi connectivity index (χ1v) is 7.24. The third-order valence-corrected chi connectivity index (χ3v) is 3.92. The van der Waals surface area contributed by atoms with Crippen molar-refractivity contribution in [1.29, 1.82) is 0 Å². The molecule has 1 aliphatic heterocycles. The molecule has 20 heavy (non-hydrogen) atoms. The van der Waals surface area contributed by atoms with Crippen LogP contribution in [0.2, 0.25) is 0 Å². The number of morpholine rings is 1. The number of aryl methyl sites for hydroxylation is 1. The number of ether oxygens (including phenoxy) is 1. The standard InChI is InChI=1S/C16H24N2O2/c1-11-5-4-6-15(12(11)2)13(3)18-16(19)9-14-10-20-8-7-17-14/h4-6,13-14,17H,7-10H2,1-3H3,(H,18,19). The van der Waals surface area contributed by atoms with Gasteiger partial charge in [-0.3, -0.25) is 4.79 Å². The largest absolute Gasteiger partial charge is 0.378 e. The number of benzene rings is 1. The SMILES string of the molecule is Cc1cccc(C(C)NC(=O)CC2COCCN2)c1C. The smallest absolute Gasteiger partial charge is 0.222 e. The van der Waals surface area contributed by atoms with Crippen molar-refractivity contribution in [2.45, 2.75) is 39.3 Å². The zero-order valence-corrected chi connectivity index (χ0v) is 12.5. The predicted molar refractivity (Wildman–Crippen MR) is 79.7 cm³/mol. The van der Waals surface area contributed by atoms with Crippen LogP contribution < -0.4 is 10.6 Å². The van der Waals surface area contributed by atoms with Gasteiger partial charge in [-0.2, -0.15) is 0 Å². The summed E-state index contributed by atoms with van der Waals surface area (Å²) in [5, 5.41) is 6.37. The summed E-state index contributed by atoms with van der Waals surface area (Å²) >= 11 is 0. The average molecular weight is 276 g/mol. The van der Waals surface area contributed by atoms with Crippen molar-refractivity contribution >= 4 is 5.91 Å². The molecule has 1 saturated heterocycles. The van der Waals surface area contributed by atoms with E-state index < -0.39 is 0 Å². The van der Waals surface area contributed by atoms with E-state index in [1.165, 1.54) is 16.7 Å². The molecular weight excluding hydrogens is 252 g/mol. The topological polar surface area (TPSA) is 50.4 Å². The Bertz CT molecular complexity index is 468.